The summed E-state index contributed by atoms with van der Waals surface area (Å²) in [6.45, 7) is 4.11. The second kappa shape index (κ2) is 7.22. The molecule has 0 saturated carbocycles. The molecule has 1 unspecified atom stereocenters. The molecule has 1 aliphatic heterocycles. The molecule has 10 heteroatoms. The second-order valence-electron chi connectivity index (χ2n) is 6.06. The first-order valence-electron chi connectivity index (χ1n) is 7.82. The van der Waals surface area contributed by atoms with E-state index in [2.05, 4.69) is 20.3 Å². The normalized spacial score (nSPS) is 26.2. The number of anilines is 1. The molecule has 9 nitrogen and oxygen atoms in total. The Morgan fingerprint density at radius 3 is 2.76 bits per heavy atom. The van der Waals surface area contributed by atoms with Crippen molar-refractivity contribution in [3.05, 3.63) is 23.3 Å². The van der Waals surface area contributed by atoms with Crippen LogP contribution in [-0.2, 0) is 4.74 Å². The third-order valence-electron chi connectivity index (χ3n) is 3.97. The Hall–Kier alpha value is -1.78. The number of imidazole rings is 1. The molecule has 0 aliphatic carbocycles. The van der Waals surface area contributed by atoms with E-state index in [1.165, 1.54) is 10.9 Å². The number of aromatic nitrogens is 4. The number of nitrogens with zero attached hydrogens (tertiary/aromatic N) is 4. The fourth-order valence-corrected chi connectivity index (χ4v) is 2.83. The van der Waals surface area contributed by atoms with Crippen molar-refractivity contribution in [3.63, 3.8) is 0 Å². The minimum absolute atomic E-state index is 0.0145. The van der Waals surface area contributed by atoms with Gasteiger partial charge in [-0.2, -0.15) is 9.97 Å². The van der Waals surface area contributed by atoms with Crippen molar-refractivity contribution in [1.29, 1.82) is 0 Å². The van der Waals surface area contributed by atoms with Gasteiger partial charge in [-0.3, -0.25) is 4.57 Å². The third kappa shape index (κ3) is 3.46. The summed E-state index contributed by atoms with van der Waals surface area (Å²) >= 11 is 6.01. The molecule has 0 amide bonds. The summed E-state index contributed by atoms with van der Waals surface area (Å²) in [5.74, 6) is 0.456. The number of hydrogen-bond acceptors (Lipinski definition) is 8. The van der Waals surface area contributed by atoms with Crippen molar-refractivity contribution in [2.24, 2.45) is 0 Å². The number of allylic oxidation sites excluding steroid dienone is 1. The largest absolute Gasteiger partial charge is 0.394 e. The van der Waals surface area contributed by atoms with Crippen LogP contribution < -0.4 is 5.32 Å². The highest BCUT2D eigenvalue weighted by molar-refractivity contribution is 6.28. The Labute approximate surface area is 148 Å². The monoisotopic (exact) mass is 369 g/mol. The maximum Gasteiger partial charge on any atom is 0.226 e. The van der Waals surface area contributed by atoms with E-state index in [9.17, 15) is 15.3 Å². The lowest BCUT2D eigenvalue weighted by Crippen LogP contribution is -2.33. The smallest absolute Gasteiger partial charge is 0.226 e. The number of aliphatic hydroxyl groups excluding tert-OH is 3. The number of halogens is 1. The topological polar surface area (TPSA) is 126 Å². The summed E-state index contributed by atoms with van der Waals surface area (Å²) in [5.41, 5.74) is 1.97. The van der Waals surface area contributed by atoms with Gasteiger partial charge in [0, 0.05) is 6.54 Å². The zero-order valence-electron chi connectivity index (χ0n) is 13.8. The Kier molecular flexibility index (Phi) is 5.21. The van der Waals surface area contributed by atoms with E-state index in [-0.39, 0.29) is 5.28 Å². The van der Waals surface area contributed by atoms with Crippen molar-refractivity contribution in [3.8, 4) is 0 Å². The molecule has 0 bridgehead atoms. The molecule has 3 rings (SSSR count). The zero-order chi connectivity index (χ0) is 18.1. The van der Waals surface area contributed by atoms with Crippen LogP contribution in [0.4, 0.5) is 5.82 Å². The number of ether oxygens (including phenoxy) is 1. The SMILES string of the molecule is CC(C)=CCNc1nc(Cl)nc2c1ncn2[C@@H]1O[C@H](CO)[C@H](O)C1O. The summed E-state index contributed by atoms with van der Waals surface area (Å²) < 4.78 is 6.99. The minimum atomic E-state index is -1.23. The van der Waals surface area contributed by atoms with Crippen molar-refractivity contribution in [2.45, 2.75) is 38.4 Å². The average Bonchev–Trinajstić information content (AvgIpc) is 3.09. The zero-order valence-corrected chi connectivity index (χ0v) is 14.6. The van der Waals surface area contributed by atoms with Gasteiger partial charge in [-0.15, -0.1) is 0 Å². The lowest BCUT2D eigenvalue weighted by atomic mass is 10.1. The van der Waals surface area contributed by atoms with E-state index < -0.39 is 31.1 Å². The first-order valence-corrected chi connectivity index (χ1v) is 8.20. The fourth-order valence-electron chi connectivity index (χ4n) is 2.66. The molecule has 3 heterocycles. The van der Waals surface area contributed by atoms with Crippen LogP contribution >= 0.6 is 11.6 Å². The van der Waals surface area contributed by atoms with Crippen molar-refractivity contribution in [2.75, 3.05) is 18.5 Å². The van der Waals surface area contributed by atoms with Crippen LogP contribution in [0.25, 0.3) is 11.2 Å². The number of hydrogen-bond donors (Lipinski definition) is 4. The minimum Gasteiger partial charge on any atom is -0.394 e. The van der Waals surface area contributed by atoms with Gasteiger partial charge in [0.1, 0.15) is 18.3 Å². The highest BCUT2D eigenvalue weighted by Gasteiger charge is 2.44. The van der Waals surface area contributed by atoms with Gasteiger partial charge in [-0.1, -0.05) is 11.6 Å². The standard InChI is InChI=1S/C15H20ClN5O4/c1-7(2)3-4-17-12-9-13(20-15(16)19-12)21(6-18-9)14-11(24)10(23)8(5-22)25-14/h3,6,8,10-11,14,22-24H,4-5H2,1-2H3,(H,17,19,20)/t8-,10+,11?,14-/m1/s1. The van der Waals surface area contributed by atoms with E-state index in [4.69, 9.17) is 16.3 Å². The molecule has 0 radical (unpaired) electrons. The van der Waals surface area contributed by atoms with Gasteiger partial charge in [0.25, 0.3) is 0 Å². The molecular weight excluding hydrogens is 350 g/mol. The Bertz CT molecular complexity index is 792. The molecule has 2 aromatic heterocycles. The first kappa shape index (κ1) is 18.0. The highest BCUT2D eigenvalue weighted by Crippen LogP contribution is 2.32. The molecule has 1 fully saturated rings. The van der Waals surface area contributed by atoms with Gasteiger partial charge in [-0.25, -0.2) is 4.98 Å². The van der Waals surface area contributed by atoms with Crippen molar-refractivity contribution < 1.29 is 20.1 Å². The van der Waals surface area contributed by atoms with Crippen LogP contribution in [0, 0.1) is 0 Å². The van der Waals surface area contributed by atoms with Crippen LogP contribution in [0.5, 0.6) is 0 Å². The maximum atomic E-state index is 10.2. The van der Waals surface area contributed by atoms with Gasteiger partial charge >= 0.3 is 0 Å². The summed E-state index contributed by atoms with van der Waals surface area (Å²) in [4.78, 5) is 12.6. The van der Waals surface area contributed by atoms with E-state index >= 15 is 0 Å². The summed E-state index contributed by atoms with van der Waals surface area (Å²) in [6.07, 6.45) is -0.836. The maximum absolute atomic E-state index is 10.2. The Morgan fingerprint density at radius 2 is 2.12 bits per heavy atom. The Morgan fingerprint density at radius 1 is 1.36 bits per heavy atom. The lowest BCUT2D eigenvalue weighted by molar-refractivity contribution is -0.0511. The van der Waals surface area contributed by atoms with Crippen LogP contribution in [0.2, 0.25) is 5.28 Å². The third-order valence-corrected chi connectivity index (χ3v) is 4.13. The van der Waals surface area contributed by atoms with Gasteiger partial charge < -0.3 is 25.4 Å². The molecule has 1 saturated heterocycles. The van der Waals surface area contributed by atoms with Gasteiger partial charge in [0.15, 0.2) is 23.2 Å². The van der Waals surface area contributed by atoms with Crippen LogP contribution in [0.15, 0.2) is 18.0 Å². The number of fused-ring (bicyclic) bond motifs is 1. The summed E-state index contributed by atoms with van der Waals surface area (Å²) in [7, 11) is 0. The average molecular weight is 370 g/mol. The molecule has 2 aromatic rings. The molecular formula is C15H20ClN5O4. The van der Waals surface area contributed by atoms with E-state index in [0.29, 0.717) is 23.5 Å². The van der Waals surface area contributed by atoms with Gasteiger partial charge in [0.05, 0.1) is 12.9 Å². The van der Waals surface area contributed by atoms with Crippen LogP contribution in [-0.4, -0.2) is 66.3 Å². The predicted molar refractivity (Wildman–Crippen MR) is 91.3 cm³/mol. The lowest BCUT2D eigenvalue weighted by Gasteiger charge is -2.16. The molecule has 4 N–H and O–H groups in total. The van der Waals surface area contributed by atoms with Gasteiger partial charge in [0.2, 0.25) is 5.28 Å². The van der Waals surface area contributed by atoms with E-state index in [1.807, 2.05) is 19.9 Å². The van der Waals surface area contributed by atoms with Crippen LogP contribution in [0.1, 0.15) is 20.1 Å². The Balaban J connectivity index is 1.96. The quantitative estimate of drug-likeness (QED) is 0.442. The second-order valence-corrected chi connectivity index (χ2v) is 6.39. The van der Waals surface area contributed by atoms with Gasteiger partial charge in [-0.05, 0) is 25.4 Å². The highest BCUT2D eigenvalue weighted by atomic mass is 35.5. The molecule has 136 valence electrons. The molecule has 25 heavy (non-hydrogen) atoms. The number of rotatable bonds is 5. The first-order chi connectivity index (χ1) is 11.9. The fraction of sp³-hybridized carbons (Fsp3) is 0.533. The predicted octanol–water partition coefficient (Wildman–Crippen LogP) is 0.469. The molecule has 4 atom stereocenters. The van der Waals surface area contributed by atoms with Crippen molar-refractivity contribution >= 4 is 28.6 Å². The molecule has 0 spiro atoms. The van der Waals surface area contributed by atoms with Crippen LogP contribution in [0.3, 0.4) is 0 Å². The summed E-state index contributed by atoms with van der Waals surface area (Å²) in [6, 6.07) is 0. The molecule has 0 aromatic carbocycles. The van der Waals surface area contributed by atoms with E-state index in [1.54, 1.807) is 0 Å². The molecule has 1 aliphatic rings. The summed E-state index contributed by atoms with van der Waals surface area (Å²) in [5, 5.41) is 32.5. The number of nitrogens with one attached hydrogen (secondary N) is 1. The number of aliphatic hydroxyl groups is 3. The van der Waals surface area contributed by atoms with Crippen molar-refractivity contribution in [1.82, 2.24) is 19.5 Å². The van der Waals surface area contributed by atoms with E-state index in [0.717, 1.165) is 5.57 Å².